The fraction of sp³-hybridized carbons (Fsp3) is 0.0500. The lowest BCUT2D eigenvalue weighted by Gasteiger charge is -2.05. The van der Waals surface area contributed by atoms with Gasteiger partial charge < -0.3 is 4.74 Å². The zero-order valence-electron chi connectivity index (χ0n) is 13.8. The molecule has 0 bridgehead atoms. The summed E-state index contributed by atoms with van der Waals surface area (Å²) in [5.74, 6) is 1.20. The number of para-hydroxylation sites is 1. The number of ether oxygens (including phenoxy) is 1. The molecular formula is C20H18N4O. The summed E-state index contributed by atoms with van der Waals surface area (Å²) in [6.07, 6.45) is 0. The van der Waals surface area contributed by atoms with Gasteiger partial charge in [0.1, 0.15) is 5.75 Å². The maximum Gasteiger partial charge on any atom is 0.201 e. The highest BCUT2D eigenvalue weighted by Crippen LogP contribution is 2.17. The molecule has 0 fully saturated rings. The molecule has 25 heavy (non-hydrogen) atoms. The number of anilines is 1. The minimum absolute atomic E-state index is 0.464. The number of hydrogen-bond acceptors (Lipinski definition) is 4. The Morgan fingerprint density at radius 1 is 0.840 bits per heavy atom. The van der Waals surface area contributed by atoms with Crippen LogP contribution in [0.1, 0.15) is 5.56 Å². The molecule has 0 radical (unpaired) electrons. The molecular weight excluding hydrogens is 312 g/mol. The second-order valence-electron chi connectivity index (χ2n) is 5.18. The number of rotatable bonds is 5. The summed E-state index contributed by atoms with van der Waals surface area (Å²) in [6.45, 7) is 0. The summed E-state index contributed by atoms with van der Waals surface area (Å²) in [5, 5.41) is 13.0. The van der Waals surface area contributed by atoms with Gasteiger partial charge in [-0.1, -0.05) is 48.5 Å². The van der Waals surface area contributed by atoms with Gasteiger partial charge in [0.05, 0.1) is 18.5 Å². The first-order valence-corrected chi connectivity index (χ1v) is 7.85. The number of nitrogens with zero attached hydrogens (tertiary/aromatic N) is 3. The molecule has 0 atom stereocenters. The van der Waals surface area contributed by atoms with Crippen LogP contribution in [-0.2, 0) is 0 Å². The van der Waals surface area contributed by atoms with Crippen molar-refractivity contribution in [3.05, 3.63) is 90.5 Å². The minimum atomic E-state index is 0.464. The van der Waals surface area contributed by atoms with Crippen molar-refractivity contribution in [2.45, 2.75) is 0 Å². The van der Waals surface area contributed by atoms with Crippen molar-refractivity contribution in [1.82, 2.24) is 0 Å². The standard InChI is InChI=1S/C20H18N4O/c1-25-19-14-8-9-16(15-19)20(23-21-17-10-4-2-5-11-17)24-22-18-12-6-3-7-13-18/h2-15,21H,1H3/b23-20+,24-22?. The van der Waals surface area contributed by atoms with Gasteiger partial charge in [-0.3, -0.25) is 5.43 Å². The van der Waals surface area contributed by atoms with Gasteiger partial charge in [-0.25, -0.2) is 0 Å². The second-order valence-corrected chi connectivity index (χ2v) is 5.18. The molecule has 0 aliphatic heterocycles. The van der Waals surface area contributed by atoms with Crippen LogP contribution in [0.25, 0.3) is 0 Å². The Kier molecular flexibility index (Phi) is 5.51. The summed E-state index contributed by atoms with van der Waals surface area (Å²) in [4.78, 5) is 0. The summed E-state index contributed by atoms with van der Waals surface area (Å²) in [7, 11) is 1.63. The smallest absolute Gasteiger partial charge is 0.201 e. The Hall–Kier alpha value is -3.47. The number of benzene rings is 3. The van der Waals surface area contributed by atoms with Gasteiger partial charge in [-0.2, -0.15) is 5.10 Å². The monoisotopic (exact) mass is 330 g/mol. The van der Waals surface area contributed by atoms with E-state index in [1.165, 1.54) is 0 Å². The molecule has 124 valence electrons. The SMILES string of the molecule is COc1cccc(/C(N=Nc2ccccc2)=N\Nc2ccccc2)c1. The molecule has 1 N–H and O–H groups in total. The molecule has 5 nitrogen and oxygen atoms in total. The van der Waals surface area contributed by atoms with E-state index in [9.17, 15) is 0 Å². The number of hydrazone groups is 1. The van der Waals surface area contributed by atoms with E-state index in [0.29, 0.717) is 5.84 Å². The highest BCUT2D eigenvalue weighted by atomic mass is 16.5. The van der Waals surface area contributed by atoms with Crippen molar-refractivity contribution in [3.63, 3.8) is 0 Å². The maximum absolute atomic E-state index is 5.28. The molecule has 3 rings (SSSR count). The number of azo groups is 1. The van der Waals surface area contributed by atoms with Crippen molar-refractivity contribution < 1.29 is 4.74 Å². The Balaban J connectivity index is 1.91. The topological polar surface area (TPSA) is 58.3 Å². The van der Waals surface area contributed by atoms with Crippen LogP contribution in [0.2, 0.25) is 0 Å². The first kappa shape index (κ1) is 16.4. The van der Waals surface area contributed by atoms with Gasteiger partial charge in [0.15, 0.2) is 0 Å². The van der Waals surface area contributed by atoms with Gasteiger partial charge >= 0.3 is 0 Å². The van der Waals surface area contributed by atoms with Crippen LogP contribution < -0.4 is 10.2 Å². The third-order valence-electron chi connectivity index (χ3n) is 3.41. The van der Waals surface area contributed by atoms with Gasteiger partial charge in [0.25, 0.3) is 0 Å². The summed E-state index contributed by atoms with van der Waals surface area (Å²) in [6, 6.07) is 26.8. The lowest BCUT2D eigenvalue weighted by atomic mass is 10.2. The average Bonchev–Trinajstić information content (AvgIpc) is 2.69. The third-order valence-corrected chi connectivity index (χ3v) is 3.41. The first-order chi connectivity index (χ1) is 12.3. The maximum atomic E-state index is 5.28. The van der Waals surface area contributed by atoms with Crippen LogP contribution in [-0.4, -0.2) is 12.9 Å². The summed E-state index contributed by atoms with van der Waals surface area (Å²) in [5.41, 5.74) is 5.45. The van der Waals surface area contributed by atoms with Crippen LogP contribution in [0.5, 0.6) is 5.75 Å². The van der Waals surface area contributed by atoms with Gasteiger partial charge in [0.2, 0.25) is 5.84 Å². The molecule has 0 saturated carbocycles. The van der Waals surface area contributed by atoms with E-state index in [0.717, 1.165) is 22.7 Å². The third kappa shape index (κ3) is 4.75. The lowest BCUT2D eigenvalue weighted by Crippen LogP contribution is -2.01. The van der Waals surface area contributed by atoms with Crippen LogP contribution in [0, 0.1) is 0 Å². The Morgan fingerprint density at radius 3 is 2.28 bits per heavy atom. The molecule has 5 heteroatoms. The van der Waals surface area contributed by atoms with E-state index in [2.05, 4.69) is 20.8 Å². The predicted molar refractivity (Wildman–Crippen MR) is 101 cm³/mol. The van der Waals surface area contributed by atoms with E-state index in [4.69, 9.17) is 4.74 Å². The van der Waals surface area contributed by atoms with E-state index in [1.54, 1.807) is 7.11 Å². The second kappa shape index (κ2) is 8.40. The van der Waals surface area contributed by atoms with E-state index >= 15 is 0 Å². The largest absolute Gasteiger partial charge is 0.497 e. The number of hydrogen-bond donors (Lipinski definition) is 1. The highest BCUT2D eigenvalue weighted by molar-refractivity contribution is 6.00. The van der Waals surface area contributed by atoms with Gasteiger partial charge in [-0.05, 0) is 36.4 Å². The lowest BCUT2D eigenvalue weighted by molar-refractivity contribution is 0.414. The van der Waals surface area contributed by atoms with E-state index in [1.807, 2.05) is 84.9 Å². The van der Waals surface area contributed by atoms with Crippen LogP contribution >= 0.6 is 0 Å². The molecule has 0 aliphatic carbocycles. The molecule has 0 unspecified atom stereocenters. The van der Waals surface area contributed by atoms with Gasteiger partial charge in [0, 0.05) is 5.56 Å². The molecule has 0 amide bonds. The quantitative estimate of drug-likeness (QED) is 0.300. The van der Waals surface area contributed by atoms with Crippen LogP contribution in [0.3, 0.4) is 0 Å². The molecule has 3 aromatic rings. The molecule has 0 aromatic heterocycles. The molecule has 0 saturated heterocycles. The minimum Gasteiger partial charge on any atom is -0.497 e. The number of amidine groups is 1. The normalized spacial score (nSPS) is 11.5. The Morgan fingerprint density at radius 2 is 1.56 bits per heavy atom. The molecule has 0 aliphatic rings. The predicted octanol–water partition coefficient (Wildman–Crippen LogP) is 5.25. The van der Waals surface area contributed by atoms with Crippen LogP contribution in [0.4, 0.5) is 11.4 Å². The number of methoxy groups -OCH3 is 1. The van der Waals surface area contributed by atoms with Crippen LogP contribution in [0.15, 0.2) is 100 Å². The zero-order valence-corrected chi connectivity index (χ0v) is 13.8. The fourth-order valence-electron chi connectivity index (χ4n) is 2.14. The van der Waals surface area contributed by atoms with Crippen molar-refractivity contribution in [3.8, 4) is 5.75 Å². The van der Waals surface area contributed by atoms with Crippen molar-refractivity contribution >= 4 is 17.2 Å². The Labute approximate surface area is 146 Å². The molecule has 0 heterocycles. The number of nitrogens with one attached hydrogen (secondary N) is 1. The molecule has 0 spiro atoms. The van der Waals surface area contributed by atoms with E-state index in [-0.39, 0.29) is 0 Å². The first-order valence-electron chi connectivity index (χ1n) is 7.85. The highest BCUT2D eigenvalue weighted by Gasteiger charge is 2.05. The van der Waals surface area contributed by atoms with Gasteiger partial charge in [-0.15, -0.1) is 10.2 Å². The zero-order chi connectivity index (χ0) is 17.3. The van der Waals surface area contributed by atoms with E-state index < -0.39 is 0 Å². The summed E-state index contributed by atoms with van der Waals surface area (Å²) < 4.78 is 5.28. The Bertz CT molecular complexity index is 861. The van der Waals surface area contributed by atoms with Crippen molar-refractivity contribution in [1.29, 1.82) is 0 Å². The average molecular weight is 330 g/mol. The van der Waals surface area contributed by atoms with Crippen molar-refractivity contribution in [2.75, 3.05) is 12.5 Å². The van der Waals surface area contributed by atoms with Crippen molar-refractivity contribution in [2.24, 2.45) is 15.3 Å². The fourth-order valence-corrected chi connectivity index (χ4v) is 2.14. The molecule has 3 aromatic carbocycles. The summed E-state index contributed by atoms with van der Waals surface area (Å²) >= 11 is 0.